The predicted molar refractivity (Wildman–Crippen MR) is 68.6 cm³/mol. The SMILES string of the molecule is C[C@@]12CCC=C[C@@H]1Oc1c(C(=O)O)cc(Cl)cc12. The monoisotopic (exact) mass is 264 g/mol. The van der Waals surface area contributed by atoms with Gasteiger partial charge in [0.15, 0.2) is 0 Å². The van der Waals surface area contributed by atoms with E-state index in [-0.39, 0.29) is 17.1 Å². The standard InChI is InChI=1S/C14H13ClO3/c1-14-5-3-2-4-11(14)18-12-9(13(16)17)6-8(15)7-10(12)14/h2,4,6-7,11H,3,5H2,1H3,(H,16,17)/t11-,14-/m0/s1. The lowest BCUT2D eigenvalue weighted by atomic mass is 9.72. The molecule has 2 atom stereocenters. The third kappa shape index (κ3) is 1.47. The Kier molecular flexibility index (Phi) is 2.42. The fourth-order valence-electron chi connectivity index (χ4n) is 2.85. The minimum atomic E-state index is -1.00. The van der Waals surface area contributed by atoms with Crippen LogP contribution >= 0.6 is 11.6 Å². The van der Waals surface area contributed by atoms with E-state index >= 15 is 0 Å². The van der Waals surface area contributed by atoms with E-state index in [1.54, 1.807) is 0 Å². The van der Waals surface area contributed by atoms with Crippen LogP contribution in [0.3, 0.4) is 0 Å². The lowest BCUT2D eigenvalue weighted by Crippen LogP contribution is -2.35. The smallest absolute Gasteiger partial charge is 0.339 e. The van der Waals surface area contributed by atoms with Crippen LogP contribution < -0.4 is 4.74 Å². The second kappa shape index (κ2) is 3.75. The molecule has 0 bridgehead atoms. The van der Waals surface area contributed by atoms with Crippen LogP contribution in [-0.2, 0) is 5.41 Å². The highest BCUT2D eigenvalue weighted by molar-refractivity contribution is 6.31. The number of carbonyl (C=O) groups is 1. The van der Waals surface area contributed by atoms with Gasteiger partial charge in [-0.2, -0.15) is 0 Å². The maximum absolute atomic E-state index is 11.3. The second-order valence-corrected chi connectivity index (χ2v) is 5.49. The minimum Gasteiger partial charge on any atom is -0.484 e. The van der Waals surface area contributed by atoms with Crippen molar-refractivity contribution in [1.29, 1.82) is 0 Å². The summed E-state index contributed by atoms with van der Waals surface area (Å²) in [5, 5.41) is 9.68. The fourth-order valence-corrected chi connectivity index (χ4v) is 3.06. The van der Waals surface area contributed by atoms with E-state index in [9.17, 15) is 9.90 Å². The predicted octanol–water partition coefficient (Wildman–Crippen LogP) is 3.41. The molecule has 0 aromatic heterocycles. The Bertz CT molecular complexity index is 564. The van der Waals surface area contributed by atoms with Gasteiger partial charge in [0.2, 0.25) is 0 Å². The van der Waals surface area contributed by atoms with Crippen molar-refractivity contribution in [1.82, 2.24) is 0 Å². The van der Waals surface area contributed by atoms with Gasteiger partial charge in [-0.15, -0.1) is 0 Å². The zero-order valence-corrected chi connectivity index (χ0v) is 10.7. The van der Waals surface area contributed by atoms with E-state index in [1.165, 1.54) is 6.07 Å². The summed E-state index contributed by atoms with van der Waals surface area (Å²) in [5.41, 5.74) is 0.905. The molecule has 1 aromatic rings. The van der Waals surface area contributed by atoms with Crippen LogP contribution in [0.2, 0.25) is 5.02 Å². The lowest BCUT2D eigenvalue weighted by molar-refractivity contribution is 0.0691. The number of carboxylic acid groups (broad SMARTS) is 1. The van der Waals surface area contributed by atoms with Crippen molar-refractivity contribution in [2.75, 3.05) is 0 Å². The summed E-state index contributed by atoms with van der Waals surface area (Å²) < 4.78 is 5.84. The molecule has 0 amide bonds. The summed E-state index contributed by atoms with van der Waals surface area (Å²) in [5.74, 6) is -0.522. The number of aromatic carboxylic acids is 1. The molecule has 94 valence electrons. The van der Waals surface area contributed by atoms with Crippen molar-refractivity contribution < 1.29 is 14.6 Å². The Morgan fingerprint density at radius 1 is 1.56 bits per heavy atom. The summed E-state index contributed by atoms with van der Waals surface area (Å²) in [7, 11) is 0. The van der Waals surface area contributed by atoms with Gasteiger partial charge in [0.1, 0.15) is 17.4 Å². The van der Waals surface area contributed by atoms with Crippen LogP contribution in [0.4, 0.5) is 0 Å². The second-order valence-electron chi connectivity index (χ2n) is 5.06. The normalized spacial score (nSPS) is 28.4. The molecule has 0 fully saturated rings. The topological polar surface area (TPSA) is 46.5 Å². The lowest BCUT2D eigenvalue weighted by Gasteiger charge is -2.31. The Morgan fingerprint density at radius 3 is 3.06 bits per heavy atom. The van der Waals surface area contributed by atoms with Crippen molar-refractivity contribution in [3.63, 3.8) is 0 Å². The first-order valence-electron chi connectivity index (χ1n) is 5.93. The molecule has 1 heterocycles. The van der Waals surface area contributed by atoms with Gasteiger partial charge in [0, 0.05) is 16.0 Å². The number of rotatable bonds is 1. The number of hydrogen-bond acceptors (Lipinski definition) is 2. The molecule has 18 heavy (non-hydrogen) atoms. The molecule has 1 aliphatic carbocycles. The Labute approximate surface area is 110 Å². The summed E-state index contributed by atoms with van der Waals surface area (Å²) in [6.07, 6.45) is 5.94. The summed E-state index contributed by atoms with van der Waals surface area (Å²) in [6.45, 7) is 2.11. The van der Waals surface area contributed by atoms with Crippen LogP contribution in [0.25, 0.3) is 0 Å². The Hall–Kier alpha value is -1.48. The molecule has 3 rings (SSSR count). The first kappa shape index (κ1) is 11.6. The van der Waals surface area contributed by atoms with Gasteiger partial charge in [-0.1, -0.05) is 24.6 Å². The van der Waals surface area contributed by atoms with E-state index in [0.29, 0.717) is 10.8 Å². The molecule has 0 unspecified atom stereocenters. The van der Waals surface area contributed by atoms with E-state index in [1.807, 2.05) is 12.1 Å². The van der Waals surface area contributed by atoms with Gasteiger partial charge < -0.3 is 9.84 Å². The van der Waals surface area contributed by atoms with Crippen LogP contribution in [0, 0.1) is 0 Å². The summed E-state index contributed by atoms with van der Waals surface area (Å²) in [6, 6.07) is 3.29. The molecular formula is C14H13ClO3. The molecule has 0 saturated carbocycles. The number of allylic oxidation sites excluding steroid dienone is 1. The molecule has 3 nitrogen and oxygen atoms in total. The first-order valence-corrected chi connectivity index (χ1v) is 6.31. The van der Waals surface area contributed by atoms with Crippen molar-refractivity contribution in [2.45, 2.75) is 31.3 Å². The zero-order valence-electron chi connectivity index (χ0n) is 9.94. The molecule has 1 N–H and O–H groups in total. The molecule has 0 spiro atoms. The number of halogens is 1. The van der Waals surface area contributed by atoms with Gasteiger partial charge in [0.25, 0.3) is 0 Å². The fraction of sp³-hybridized carbons (Fsp3) is 0.357. The highest BCUT2D eigenvalue weighted by Crippen LogP contribution is 2.50. The van der Waals surface area contributed by atoms with E-state index < -0.39 is 5.97 Å². The van der Waals surface area contributed by atoms with Gasteiger partial charge in [-0.3, -0.25) is 0 Å². The van der Waals surface area contributed by atoms with Gasteiger partial charge in [0.05, 0.1) is 0 Å². The molecule has 2 aliphatic rings. The third-order valence-corrected chi connectivity index (χ3v) is 4.13. The summed E-state index contributed by atoms with van der Waals surface area (Å²) in [4.78, 5) is 11.3. The van der Waals surface area contributed by atoms with Crippen molar-refractivity contribution in [3.8, 4) is 5.75 Å². The first-order chi connectivity index (χ1) is 8.52. The molecular weight excluding hydrogens is 252 g/mol. The molecule has 1 aromatic carbocycles. The van der Waals surface area contributed by atoms with Crippen molar-refractivity contribution in [2.24, 2.45) is 0 Å². The Morgan fingerprint density at radius 2 is 2.33 bits per heavy atom. The quantitative estimate of drug-likeness (QED) is 0.791. The maximum Gasteiger partial charge on any atom is 0.339 e. The van der Waals surface area contributed by atoms with Crippen LogP contribution in [0.5, 0.6) is 5.75 Å². The van der Waals surface area contributed by atoms with Crippen LogP contribution in [0.1, 0.15) is 35.7 Å². The largest absolute Gasteiger partial charge is 0.484 e. The van der Waals surface area contributed by atoms with Crippen molar-refractivity contribution in [3.05, 3.63) is 40.4 Å². The number of ether oxygens (including phenoxy) is 1. The maximum atomic E-state index is 11.3. The minimum absolute atomic E-state index is 0.0854. The van der Waals surface area contributed by atoms with E-state index in [0.717, 1.165) is 18.4 Å². The molecule has 0 radical (unpaired) electrons. The molecule has 0 saturated heterocycles. The van der Waals surface area contributed by atoms with E-state index in [4.69, 9.17) is 16.3 Å². The Balaban J connectivity index is 2.23. The van der Waals surface area contributed by atoms with Crippen molar-refractivity contribution >= 4 is 17.6 Å². The molecule has 1 aliphatic heterocycles. The van der Waals surface area contributed by atoms with Crippen LogP contribution in [-0.4, -0.2) is 17.2 Å². The third-order valence-electron chi connectivity index (χ3n) is 3.91. The van der Waals surface area contributed by atoms with E-state index in [2.05, 4.69) is 13.0 Å². The number of benzene rings is 1. The molecule has 4 heteroatoms. The zero-order chi connectivity index (χ0) is 12.9. The summed E-state index contributed by atoms with van der Waals surface area (Å²) >= 11 is 6.03. The highest BCUT2D eigenvalue weighted by Gasteiger charge is 2.46. The van der Waals surface area contributed by atoms with Gasteiger partial charge >= 0.3 is 5.97 Å². The average Bonchev–Trinajstić information content (AvgIpc) is 2.61. The number of hydrogen-bond donors (Lipinski definition) is 1. The van der Waals surface area contributed by atoms with Crippen LogP contribution in [0.15, 0.2) is 24.3 Å². The van der Waals surface area contributed by atoms with Gasteiger partial charge in [-0.05, 0) is 31.1 Å². The highest BCUT2D eigenvalue weighted by atomic mass is 35.5. The average molecular weight is 265 g/mol. The number of carboxylic acids is 1. The number of fused-ring (bicyclic) bond motifs is 3. The van der Waals surface area contributed by atoms with Gasteiger partial charge in [-0.25, -0.2) is 4.79 Å².